The van der Waals surface area contributed by atoms with Gasteiger partial charge in [0.25, 0.3) is 0 Å². The Balaban J connectivity index is 1.38. The zero-order chi connectivity index (χ0) is 20.1. The molecule has 0 aliphatic heterocycles. The first-order chi connectivity index (χ1) is 14.2. The van der Waals surface area contributed by atoms with E-state index in [1.165, 1.54) is 50.5 Å². The minimum absolute atomic E-state index is 0.0424. The molecule has 0 amide bonds. The second-order valence-electron chi connectivity index (χ2n) is 8.42. The van der Waals surface area contributed by atoms with Gasteiger partial charge < -0.3 is 0 Å². The molecule has 1 unspecified atom stereocenters. The predicted octanol–water partition coefficient (Wildman–Crippen LogP) is 7.73. The highest BCUT2D eigenvalue weighted by Crippen LogP contribution is 2.38. The van der Waals surface area contributed by atoms with Crippen LogP contribution in [-0.4, -0.2) is 5.78 Å². The van der Waals surface area contributed by atoms with Crippen LogP contribution in [-0.2, 0) is 0 Å². The number of fused-ring (bicyclic) bond motifs is 1. The number of nitrogens with zero attached hydrogens (tertiary/aromatic N) is 2. The number of hydrogen-bond donors (Lipinski definition) is 0. The molecule has 4 rings (SSSR count). The van der Waals surface area contributed by atoms with Gasteiger partial charge >= 0.3 is 0 Å². The predicted molar refractivity (Wildman–Crippen MR) is 118 cm³/mol. The molecule has 1 saturated carbocycles. The Morgan fingerprint density at radius 2 is 1.72 bits per heavy atom. The largest absolute Gasteiger partial charge is 0.289 e. The monoisotopic (exact) mass is 386 g/mol. The molecule has 0 N–H and O–H groups in total. The molecule has 0 spiro atoms. The van der Waals surface area contributed by atoms with Crippen molar-refractivity contribution in [3.8, 4) is 0 Å². The van der Waals surface area contributed by atoms with Crippen LogP contribution in [0.1, 0.15) is 85.3 Å². The van der Waals surface area contributed by atoms with E-state index in [9.17, 15) is 4.79 Å². The average Bonchev–Trinajstić information content (AvgIpc) is 2.78. The number of carbonyl (C=O) groups is 1. The molecule has 3 heteroatoms. The summed E-state index contributed by atoms with van der Waals surface area (Å²) in [5.41, 5.74) is 3.96. The number of hydrogen-bond acceptors (Lipinski definition) is 3. The Bertz CT molecular complexity index is 889. The maximum Gasteiger partial charge on any atom is 0.185 e. The van der Waals surface area contributed by atoms with Crippen LogP contribution in [0.5, 0.6) is 0 Å². The van der Waals surface area contributed by atoms with E-state index in [0.29, 0.717) is 5.92 Å². The summed E-state index contributed by atoms with van der Waals surface area (Å²) in [6, 6.07) is 16.0. The molecule has 0 saturated heterocycles. The van der Waals surface area contributed by atoms with Crippen LogP contribution in [0.25, 0.3) is 0 Å². The standard InChI is InChI=1S/C26H30N2O/c1-2-3-6-19-9-11-20(12-10-19)21-13-15-22(16-14-21)27-28-25-17-18-26(29)24-8-5-4-7-23(24)25/h4-5,7-8,13-20,25H,2-3,6,9-12H2,1H3/t19-,20-,25?. The number of carbonyl (C=O) groups excluding carboxylic acids is 1. The summed E-state index contributed by atoms with van der Waals surface area (Å²) in [5, 5.41) is 8.94. The van der Waals surface area contributed by atoms with Gasteiger partial charge in [-0.25, -0.2) is 0 Å². The van der Waals surface area contributed by atoms with E-state index < -0.39 is 0 Å². The van der Waals surface area contributed by atoms with Gasteiger partial charge in [-0.15, -0.1) is 0 Å². The normalized spacial score (nSPS) is 24.0. The van der Waals surface area contributed by atoms with E-state index in [1.807, 2.05) is 30.3 Å². The molecule has 0 bridgehead atoms. The van der Waals surface area contributed by atoms with Crippen molar-refractivity contribution in [2.75, 3.05) is 0 Å². The average molecular weight is 387 g/mol. The molecule has 2 aliphatic carbocycles. The third-order valence-corrected chi connectivity index (χ3v) is 6.45. The van der Waals surface area contributed by atoms with E-state index in [4.69, 9.17) is 0 Å². The van der Waals surface area contributed by atoms with E-state index in [-0.39, 0.29) is 11.8 Å². The molecule has 29 heavy (non-hydrogen) atoms. The lowest BCUT2D eigenvalue weighted by atomic mass is 9.77. The molecule has 1 fully saturated rings. The Morgan fingerprint density at radius 1 is 0.966 bits per heavy atom. The lowest BCUT2D eigenvalue weighted by Gasteiger charge is -2.28. The number of ketones is 1. The Morgan fingerprint density at radius 3 is 2.48 bits per heavy atom. The van der Waals surface area contributed by atoms with Gasteiger partial charge in [0.2, 0.25) is 0 Å². The third-order valence-electron chi connectivity index (χ3n) is 6.45. The van der Waals surface area contributed by atoms with E-state index in [0.717, 1.165) is 22.7 Å². The number of rotatable bonds is 6. The van der Waals surface area contributed by atoms with E-state index in [1.54, 1.807) is 6.08 Å². The molecule has 0 heterocycles. The molecular formula is C26H30N2O. The van der Waals surface area contributed by atoms with Gasteiger partial charge in [0.1, 0.15) is 6.04 Å². The van der Waals surface area contributed by atoms with Crippen molar-refractivity contribution in [2.45, 2.75) is 63.8 Å². The Hall–Kier alpha value is -2.55. The first-order valence-corrected chi connectivity index (χ1v) is 11.1. The van der Waals surface area contributed by atoms with Crippen molar-refractivity contribution in [1.82, 2.24) is 0 Å². The fourth-order valence-corrected chi connectivity index (χ4v) is 4.67. The highest BCUT2D eigenvalue weighted by molar-refractivity contribution is 6.07. The summed E-state index contributed by atoms with van der Waals surface area (Å²) < 4.78 is 0. The fourth-order valence-electron chi connectivity index (χ4n) is 4.67. The van der Waals surface area contributed by atoms with Crippen molar-refractivity contribution in [3.05, 3.63) is 77.4 Å². The maximum absolute atomic E-state index is 12.0. The summed E-state index contributed by atoms with van der Waals surface area (Å²) in [5.74, 6) is 1.68. The fraction of sp³-hybridized carbons (Fsp3) is 0.423. The number of allylic oxidation sites excluding steroid dienone is 1. The summed E-state index contributed by atoms with van der Waals surface area (Å²) in [6.45, 7) is 2.29. The summed E-state index contributed by atoms with van der Waals surface area (Å²) in [6.07, 6.45) is 12.9. The molecule has 2 aliphatic rings. The van der Waals surface area contributed by atoms with Crippen LogP contribution in [0.15, 0.2) is 70.9 Å². The zero-order valence-electron chi connectivity index (χ0n) is 17.3. The summed E-state index contributed by atoms with van der Waals surface area (Å²) >= 11 is 0. The van der Waals surface area contributed by atoms with Gasteiger partial charge in [0.05, 0.1) is 5.69 Å². The molecular weight excluding hydrogens is 356 g/mol. The van der Waals surface area contributed by atoms with Gasteiger partial charge in [-0.05, 0) is 72.9 Å². The van der Waals surface area contributed by atoms with Crippen LogP contribution in [0.4, 0.5) is 5.69 Å². The minimum atomic E-state index is -0.193. The summed E-state index contributed by atoms with van der Waals surface area (Å²) in [7, 11) is 0. The van der Waals surface area contributed by atoms with Gasteiger partial charge in [0, 0.05) is 5.56 Å². The van der Waals surface area contributed by atoms with Crippen LogP contribution < -0.4 is 0 Å². The van der Waals surface area contributed by atoms with Crippen molar-refractivity contribution in [1.29, 1.82) is 0 Å². The van der Waals surface area contributed by atoms with Crippen LogP contribution in [0.2, 0.25) is 0 Å². The van der Waals surface area contributed by atoms with Crippen molar-refractivity contribution in [2.24, 2.45) is 16.1 Å². The van der Waals surface area contributed by atoms with Gasteiger partial charge in [-0.3, -0.25) is 4.79 Å². The number of unbranched alkanes of at least 4 members (excludes halogenated alkanes) is 1. The molecule has 0 radical (unpaired) electrons. The molecule has 3 nitrogen and oxygen atoms in total. The van der Waals surface area contributed by atoms with Crippen molar-refractivity contribution in [3.63, 3.8) is 0 Å². The minimum Gasteiger partial charge on any atom is -0.289 e. The topological polar surface area (TPSA) is 41.8 Å². The first-order valence-electron chi connectivity index (χ1n) is 11.1. The molecule has 2 aromatic rings. The highest BCUT2D eigenvalue weighted by Gasteiger charge is 2.22. The second-order valence-corrected chi connectivity index (χ2v) is 8.42. The van der Waals surface area contributed by atoms with Crippen LogP contribution >= 0.6 is 0 Å². The van der Waals surface area contributed by atoms with E-state index >= 15 is 0 Å². The van der Waals surface area contributed by atoms with Gasteiger partial charge in [-0.1, -0.05) is 62.6 Å². The van der Waals surface area contributed by atoms with Crippen molar-refractivity contribution >= 4 is 11.5 Å². The van der Waals surface area contributed by atoms with Gasteiger partial charge in [-0.2, -0.15) is 10.2 Å². The second kappa shape index (κ2) is 9.30. The Labute approximate surface area is 174 Å². The Kier molecular flexibility index (Phi) is 6.33. The SMILES string of the molecule is CCCC[C@H]1CC[C@H](c2ccc(N=NC3C=CC(=O)c4ccccc43)cc2)CC1. The van der Waals surface area contributed by atoms with Gasteiger partial charge in [0.15, 0.2) is 5.78 Å². The smallest absolute Gasteiger partial charge is 0.185 e. The maximum atomic E-state index is 12.0. The van der Waals surface area contributed by atoms with Crippen LogP contribution in [0.3, 0.4) is 0 Å². The zero-order valence-corrected chi connectivity index (χ0v) is 17.3. The number of azo groups is 1. The quantitative estimate of drug-likeness (QED) is 0.468. The lowest BCUT2D eigenvalue weighted by Crippen LogP contribution is -2.13. The van der Waals surface area contributed by atoms with Crippen molar-refractivity contribution < 1.29 is 4.79 Å². The number of benzene rings is 2. The van der Waals surface area contributed by atoms with E-state index in [2.05, 4.69) is 41.4 Å². The lowest BCUT2D eigenvalue weighted by molar-refractivity contribution is 0.104. The third kappa shape index (κ3) is 4.72. The summed E-state index contributed by atoms with van der Waals surface area (Å²) in [4.78, 5) is 12.0. The first kappa shape index (κ1) is 19.8. The molecule has 1 atom stereocenters. The molecule has 150 valence electrons. The highest BCUT2D eigenvalue weighted by atomic mass is 16.1. The molecule has 2 aromatic carbocycles. The van der Waals surface area contributed by atoms with Crippen LogP contribution in [0, 0.1) is 5.92 Å². The molecule has 0 aromatic heterocycles.